The topological polar surface area (TPSA) is 70.1 Å². The summed E-state index contributed by atoms with van der Waals surface area (Å²) in [6.45, 7) is 1.63. The fourth-order valence-electron chi connectivity index (χ4n) is 0.527. The molecule has 0 saturated carbocycles. The first-order valence-electron chi connectivity index (χ1n) is 2.22. The monoisotopic (exact) mass is 178 g/mol. The number of hydrogen-bond acceptors (Lipinski definition) is 2. The van der Waals surface area contributed by atoms with Crippen LogP contribution in [0.25, 0.3) is 0 Å². The molecule has 1 saturated heterocycles. The average Bonchev–Trinajstić information content (AvgIpc) is 2.13. The summed E-state index contributed by atoms with van der Waals surface area (Å²) >= 11 is 0. The van der Waals surface area contributed by atoms with Gasteiger partial charge in [0, 0.05) is 37.7 Å². The number of epoxide rings is 1. The molecule has 0 amide bonds. The van der Waals surface area contributed by atoms with Crippen LogP contribution in [-0.2, 0) is 9.30 Å². The molecule has 0 spiro atoms. The predicted molar refractivity (Wildman–Crippen MR) is 32.1 cm³/mol. The molecule has 0 bridgehead atoms. The third kappa shape index (κ3) is 2.85. The van der Waals surface area contributed by atoms with Crippen LogP contribution in [0.2, 0.25) is 0 Å². The van der Waals surface area contributed by atoms with Crippen LogP contribution < -0.4 is 0 Å². The van der Waals surface area contributed by atoms with E-state index >= 15 is 0 Å². The minimum Gasteiger partial charge on any atom is -0.356 e. The van der Waals surface area contributed by atoms with Crippen LogP contribution in [0.5, 0.6) is 0 Å². The van der Waals surface area contributed by atoms with Gasteiger partial charge in [0.05, 0.1) is 6.10 Å². The van der Waals surface area contributed by atoms with E-state index < -0.39 is 13.4 Å². The van der Waals surface area contributed by atoms with Gasteiger partial charge in [0.2, 0.25) is 0 Å². The second-order valence-electron chi connectivity index (χ2n) is 1.82. The first-order valence-corrected chi connectivity index (χ1v) is 3.90. The minimum atomic E-state index is -3.90. The number of rotatable bonds is 1. The third-order valence-corrected chi connectivity index (χ3v) is 2.22. The van der Waals surface area contributed by atoms with E-state index in [0.29, 0.717) is 0 Å². The van der Waals surface area contributed by atoms with Crippen molar-refractivity contribution >= 4 is 45.3 Å². The van der Waals surface area contributed by atoms with Crippen LogP contribution in [0.15, 0.2) is 0 Å². The van der Waals surface area contributed by atoms with Crippen molar-refractivity contribution in [2.24, 2.45) is 0 Å². The summed E-state index contributed by atoms with van der Waals surface area (Å²) in [6, 6.07) is 0. The zero-order valence-electron chi connectivity index (χ0n) is 5.02. The summed E-state index contributed by atoms with van der Waals surface area (Å²) in [4.78, 5) is 16.6. The molecule has 1 aliphatic rings. The second-order valence-corrected chi connectivity index (χ2v) is 3.51. The second kappa shape index (κ2) is 3.18. The summed E-state index contributed by atoms with van der Waals surface area (Å²) in [5, 5.41) is 0. The van der Waals surface area contributed by atoms with Gasteiger partial charge in [-0.05, 0) is 6.92 Å². The van der Waals surface area contributed by atoms with E-state index in [1.165, 1.54) is 0 Å². The van der Waals surface area contributed by atoms with Gasteiger partial charge in [-0.25, -0.2) is 0 Å². The molecule has 9 heavy (non-hydrogen) atoms. The Hall–Kier alpha value is 1.37. The van der Waals surface area contributed by atoms with Crippen LogP contribution in [0.4, 0.5) is 0 Å². The van der Waals surface area contributed by atoms with Crippen LogP contribution in [0.1, 0.15) is 6.92 Å². The van der Waals surface area contributed by atoms with Crippen molar-refractivity contribution in [1.29, 1.82) is 0 Å². The van der Waals surface area contributed by atoms with Crippen molar-refractivity contribution in [3.8, 4) is 0 Å². The standard InChI is InChI=1S/C3H7O4P.Ca/c1-2-3(7-2)8(4,5)6;/h2-3H,1H3,(H2,4,5,6);/t2-,3+;/m0./s1. The molecule has 0 aromatic heterocycles. The Bertz CT molecular complexity index is 143. The molecular formula is C3H7CaO4P. The fraction of sp³-hybridized carbons (Fsp3) is 1.00. The molecular weight excluding hydrogens is 171 g/mol. The quantitative estimate of drug-likeness (QED) is 0.323. The molecule has 1 heterocycles. The SMILES string of the molecule is C[C@@H]1O[C@@H]1P(=O)(O)O.[Ca]. The molecule has 1 fully saturated rings. The normalized spacial score (nSPS) is 33.2. The molecule has 50 valence electrons. The molecule has 0 aromatic rings. The zero-order valence-corrected chi connectivity index (χ0v) is 8.12. The summed E-state index contributed by atoms with van der Waals surface area (Å²) in [5.74, 6) is -0.817. The summed E-state index contributed by atoms with van der Waals surface area (Å²) in [6.07, 6.45) is -0.254. The van der Waals surface area contributed by atoms with E-state index in [0.717, 1.165) is 0 Å². The van der Waals surface area contributed by atoms with Crippen molar-refractivity contribution in [3.63, 3.8) is 0 Å². The Balaban J connectivity index is 0.000000640. The molecule has 0 aromatic carbocycles. The van der Waals surface area contributed by atoms with Crippen LogP contribution in [0, 0.1) is 0 Å². The molecule has 2 atom stereocenters. The maximum absolute atomic E-state index is 10.2. The van der Waals surface area contributed by atoms with E-state index in [1.807, 2.05) is 0 Å². The summed E-state index contributed by atoms with van der Waals surface area (Å²) in [5.41, 5.74) is 0. The van der Waals surface area contributed by atoms with Gasteiger partial charge in [0.25, 0.3) is 0 Å². The Morgan fingerprint density at radius 3 is 1.89 bits per heavy atom. The van der Waals surface area contributed by atoms with E-state index in [9.17, 15) is 4.57 Å². The smallest absolute Gasteiger partial charge is 0.356 e. The van der Waals surface area contributed by atoms with Crippen molar-refractivity contribution in [3.05, 3.63) is 0 Å². The van der Waals surface area contributed by atoms with Crippen LogP contribution in [0.3, 0.4) is 0 Å². The van der Waals surface area contributed by atoms with E-state index in [1.54, 1.807) is 6.92 Å². The number of hydrogen-bond donors (Lipinski definition) is 2. The van der Waals surface area contributed by atoms with Gasteiger partial charge in [-0.3, -0.25) is 4.57 Å². The molecule has 2 radical (unpaired) electrons. The maximum Gasteiger partial charge on any atom is 0.356 e. The minimum absolute atomic E-state index is 0. The van der Waals surface area contributed by atoms with Gasteiger partial charge in [0.1, 0.15) is 0 Å². The Kier molecular flexibility index (Phi) is 3.66. The molecule has 4 nitrogen and oxygen atoms in total. The van der Waals surface area contributed by atoms with E-state index in [-0.39, 0.29) is 43.8 Å². The molecule has 1 aliphatic heterocycles. The Morgan fingerprint density at radius 1 is 1.56 bits per heavy atom. The number of ether oxygens (including phenoxy) is 1. The van der Waals surface area contributed by atoms with Crippen LogP contribution >= 0.6 is 7.60 Å². The summed E-state index contributed by atoms with van der Waals surface area (Å²) in [7, 11) is -3.90. The Morgan fingerprint density at radius 2 is 1.89 bits per heavy atom. The predicted octanol–water partition coefficient (Wildman–Crippen LogP) is -0.472. The van der Waals surface area contributed by atoms with E-state index in [4.69, 9.17) is 9.79 Å². The fourth-order valence-corrected chi connectivity index (χ4v) is 1.42. The molecule has 1 rings (SSSR count). The largest absolute Gasteiger partial charge is 0.356 e. The molecule has 0 unspecified atom stereocenters. The first kappa shape index (κ1) is 10.4. The van der Waals surface area contributed by atoms with E-state index in [2.05, 4.69) is 4.74 Å². The van der Waals surface area contributed by atoms with Crippen molar-refractivity contribution in [2.45, 2.75) is 18.9 Å². The van der Waals surface area contributed by atoms with Gasteiger partial charge in [-0.1, -0.05) is 0 Å². The average molecular weight is 178 g/mol. The molecule has 6 heteroatoms. The van der Waals surface area contributed by atoms with Crippen molar-refractivity contribution < 1.29 is 19.1 Å². The van der Waals surface area contributed by atoms with Crippen molar-refractivity contribution in [1.82, 2.24) is 0 Å². The first-order chi connectivity index (χ1) is 3.52. The Labute approximate surface area is 82.7 Å². The third-order valence-electron chi connectivity index (χ3n) is 1.01. The zero-order chi connectivity index (χ0) is 6.36. The van der Waals surface area contributed by atoms with Gasteiger partial charge < -0.3 is 14.5 Å². The van der Waals surface area contributed by atoms with Gasteiger partial charge in [0.15, 0.2) is 5.85 Å². The summed E-state index contributed by atoms with van der Waals surface area (Å²) < 4.78 is 14.7. The van der Waals surface area contributed by atoms with Crippen molar-refractivity contribution in [2.75, 3.05) is 0 Å². The molecule has 2 N–H and O–H groups in total. The maximum atomic E-state index is 10.2. The molecule has 0 aliphatic carbocycles. The van der Waals surface area contributed by atoms with Gasteiger partial charge in [-0.2, -0.15) is 0 Å². The van der Waals surface area contributed by atoms with Crippen LogP contribution in [-0.4, -0.2) is 59.5 Å². The van der Waals surface area contributed by atoms with Gasteiger partial charge in [-0.15, -0.1) is 0 Å². The van der Waals surface area contributed by atoms with Gasteiger partial charge >= 0.3 is 7.60 Å².